The van der Waals surface area contributed by atoms with Gasteiger partial charge in [0.05, 0.1) is 12.7 Å². The van der Waals surface area contributed by atoms with Crippen molar-refractivity contribution in [3.8, 4) is 0 Å². The van der Waals surface area contributed by atoms with Crippen LogP contribution in [0.5, 0.6) is 0 Å². The number of rotatable bonds is 6. The maximum atomic E-state index is 11.7. The Balaban J connectivity index is 2.71. The molecule has 104 valence electrons. The molecular formula is C14H19NO4. The Morgan fingerprint density at radius 1 is 1.32 bits per heavy atom. The van der Waals surface area contributed by atoms with E-state index < -0.39 is 5.97 Å². The fraction of sp³-hybridized carbons (Fsp3) is 0.429. The first kappa shape index (κ1) is 15.2. The molecule has 0 saturated heterocycles. The van der Waals surface area contributed by atoms with E-state index in [2.05, 4.69) is 10.1 Å². The van der Waals surface area contributed by atoms with Crippen molar-refractivity contribution in [1.29, 1.82) is 0 Å². The number of aryl methyl sites for hydroxylation is 1. The third-order valence-corrected chi connectivity index (χ3v) is 2.74. The monoisotopic (exact) mass is 265 g/mol. The van der Waals surface area contributed by atoms with Crippen LogP contribution in [-0.4, -0.2) is 30.7 Å². The van der Waals surface area contributed by atoms with Crippen molar-refractivity contribution in [2.24, 2.45) is 0 Å². The molecule has 1 aromatic carbocycles. The third-order valence-electron chi connectivity index (χ3n) is 2.74. The minimum absolute atomic E-state index is 0.0874. The molecule has 0 spiro atoms. The standard InChI is InChI=1S/C14H19NO4/c1-10-6-7-11(14(18)19-2)9-12(10)15-13(17)5-3-4-8-16/h6-7,9,16H,3-5,8H2,1-2H3,(H,15,17). The van der Waals surface area contributed by atoms with Gasteiger partial charge in [-0.05, 0) is 37.5 Å². The molecule has 0 saturated carbocycles. The highest BCUT2D eigenvalue weighted by molar-refractivity contribution is 5.95. The maximum Gasteiger partial charge on any atom is 0.337 e. The lowest BCUT2D eigenvalue weighted by Crippen LogP contribution is -2.13. The molecule has 0 heterocycles. The van der Waals surface area contributed by atoms with Crippen LogP contribution in [0.3, 0.4) is 0 Å². The lowest BCUT2D eigenvalue weighted by atomic mass is 10.1. The number of benzene rings is 1. The summed E-state index contributed by atoms with van der Waals surface area (Å²) < 4.78 is 4.64. The van der Waals surface area contributed by atoms with Gasteiger partial charge in [-0.2, -0.15) is 0 Å². The number of amides is 1. The van der Waals surface area contributed by atoms with E-state index in [-0.39, 0.29) is 12.5 Å². The van der Waals surface area contributed by atoms with E-state index in [0.29, 0.717) is 30.5 Å². The second kappa shape index (κ2) is 7.53. The van der Waals surface area contributed by atoms with Crippen LogP contribution in [0.4, 0.5) is 5.69 Å². The van der Waals surface area contributed by atoms with Gasteiger partial charge in [-0.1, -0.05) is 6.07 Å². The number of unbranched alkanes of at least 4 members (excludes halogenated alkanes) is 1. The summed E-state index contributed by atoms with van der Waals surface area (Å²) >= 11 is 0. The van der Waals surface area contributed by atoms with Crippen LogP contribution in [0.2, 0.25) is 0 Å². The number of hydrogen-bond donors (Lipinski definition) is 2. The maximum absolute atomic E-state index is 11.7. The number of carbonyl (C=O) groups excluding carboxylic acids is 2. The highest BCUT2D eigenvalue weighted by atomic mass is 16.5. The first-order chi connectivity index (χ1) is 9.08. The van der Waals surface area contributed by atoms with Crippen LogP contribution in [0.15, 0.2) is 18.2 Å². The molecule has 0 fully saturated rings. The van der Waals surface area contributed by atoms with Gasteiger partial charge in [0.25, 0.3) is 0 Å². The molecule has 1 rings (SSSR count). The molecular weight excluding hydrogens is 246 g/mol. The van der Waals surface area contributed by atoms with E-state index in [1.807, 2.05) is 6.92 Å². The first-order valence-corrected chi connectivity index (χ1v) is 6.18. The van der Waals surface area contributed by atoms with Gasteiger partial charge in [0.1, 0.15) is 0 Å². The van der Waals surface area contributed by atoms with E-state index in [1.165, 1.54) is 7.11 Å². The number of hydrogen-bond acceptors (Lipinski definition) is 4. The summed E-state index contributed by atoms with van der Waals surface area (Å²) in [7, 11) is 1.31. The Kier molecular flexibility index (Phi) is 6.02. The number of aliphatic hydroxyl groups is 1. The lowest BCUT2D eigenvalue weighted by molar-refractivity contribution is -0.116. The summed E-state index contributed by atoms with van der Waals surface area (Å²) in [5.41, 5.74) is 1.89. The fourth-order valence-electron chi connectivity index (χ4n) is 1.61. The van der Waals surface area contributed by atoms with Crippen molar-refractivity contribution in [3.63, 3.8) is 0 Å². The topological polar surface area (TPSA) is 75.6 Å². The van der Waals surface area contributed by atoms with Crippen LogP contribution < -0.4 is 5.32 Å². The highest BCUT2D eigenvalue weighted by Gasteiger charge is 2.10. The number of carbonyl (C=O) groups is 2. The molecule has 19 heavy (non-hydrogen) atoms. The fourth-order valence-corrected chi connectivity index (χ4v) is 1.61. The SMILES string of the molecule is COC(=O)c1ccc(C)c(NC(=O)CCCCO)c1. The quantitative estimate of drug-likeness (QED) is 0.608. The zero-order valence-electron chi connectivity index (χ0n) is 11.2. The summed E-state index contributed by atoms with van der Waals surface area (Å²) in [5, 5.41) is 11.4. The zero-order valence-corrected chi connectivity index (χ0v) is 11.2. The van der Waals surface area contributed by atoms with Gasteiger partial charge >= 0.3 is 5.97 Å². The van der Waals surface area contributed by atoms with Crippen LogP contribution in [-0.2, 0) is 9.53 Å². The van der Waals surface area contributed by atoms with Crippen molar-refractivity contribution in [1.82, 2.24) is 0 Å². The summed E-state index contributed by atoms with van der Waals surface area (Å²) in [6.07, 6.45) is 1.59. The summed E-state index contributed by atoms with van der Waals surface area (Å²) in [5.74, 6) is -0.561. The second-order valence-electron chi connectivity index (χ2n) is 4.25. The van der Waals surface area contributed by atoms with Crippen LogP contribution in [0.25, 0.3) is 0 Å². The van der Waals surface area contributed by atoms with E-state index in [9.17, 15) is 9.59 Å². The van der Waals surface area contributed by atoms with Crippen molar-refractivity contribution < 1.29 is 19.4 Å². The number of anilines is 1. The van der Waals surface area contributed by atoms with Crippen molar-refractivity contribution in [2.75, 3.05) is 19.0 Å². The highest BCUT2D eigenvalue weighted by Crippen LogP contribution is 2.18. The normalized spacial score (nSPS) is 10.1. The molecule has 5 nitrogen and oxygen atoms in total. The number of ether oxygens (including phenoxy) is 1. The van der Waals surface area contributed by atoms with Crippen molar-refractivity contribution >= 4 is 17.6 Å². The molecule has 0 bridgehead atoms. The molecule has 5 heteroatoms. The van der Waals surface area contributed by atoms with Gasteiger partial charge in [0.2, 0.25) is 5.91 Å². The first-order valence-electron chi connectivity index (χ1n) is 6.18. The van der Waals surface area contributed by atoms with Gasteiger partial charge < -0.3 is 15.2 Å². The third kappa shape index (κ3) is 4.71. The zero-order chi connectivity index (χ0) is 14.3. The summed E-state index contributed by atoms with van der Waals surface area (Å²) in [6, 6.07) is 5.02. The largest absolute Gasteiger partial charge is 0.465 e. The molecule has 1 aromatic rings. The molecule has 0 aromatic heterocycles. The summed E-state index contributed by atoms with van der Waals surface area (Å²) in [6.45, 7) is 1.94. The number of esters is 1. The predicted molar refractivity (Wildman–Crippen MR) is 72.1 cm³/mol. The predicted octanol–water partition coefficient (Wildman–Crippen LogP) is 1.88. The average Bonchev–Trinajstić information content (AvgIpc) is 2.40. The Hall–Kier alpha value is -1.88. The molecule has 0 aliphatic rings. The minimum Gasteiger partial charge on any atom is -0.465 e. The molecule has 0 radical (unpaired) electrons. The van der Waals surface area contributed by atoms with Crippen molar-refractivity contribution in [3.05, 3.63) is 29.3 Å². The average molecular weight is 265 g/mol. The van der Waals surface area contributed by atoms with Gasteiger partial charge in [-0.3, -0.25) is 4.79 Å². The Morgan fingerprint density at radius 3 is 2.68 bits per heavy atom. The van der Waals surface area contributed by atoms with Crippen LogP contribution in [0, 0.1) is 6.92 Å². The van der Waals surface area contributed by atoms with Gasteiger partial charge in [-0.15, -0.1) is 0 Å². The van der Waals surface area contributed by atoms with Crippen molar-refractivity contribution in [2.45, 2.75) is 26.2 Å². The van der Waals surface area contributed by atoms with E-state index in [4.69, 9.17) is 5.11 Å². The van der Waals surface area contributed by atoms with Crippen LogP contribution >= 0.6 is 0 Å². The number of aliphatic hydroxyl groups excluding tert-OH is 1. The lowest BCUT2D eigenvalue weighted by Gasteiger charge is -2.09. The Labute approximate surface area is 112 Å². The van der Waals surface area contributed by atoms with Gasteiger partial charge in [0, 0.05) is 18.7 Å². The molecule has 1 amide bonds. The summed E-state index contributed by atoms with van der Waals surface area (Å²) in [4.78, 5) is 23.1. The van der Waals surface area contributed by atoms with Gasteiger partial charge in [0.15, 0.2) is 0 Å². The molecule has 0 atom stereocenters. The molecule has 0 aliphatic carbocycles. The number of nitrogens with one attached hydrogen (secondary N) is 1. The van der Waals surface area contributed by atoms with E-state index >= 15 is 0 Å². The number of methoxy groups -OCH3 is 1. The Bertz CT molecular complexity index is 457. The molecule has 2 N–H and O–H groups in total. The second-order valence-corrected chi connectivity index (χ2v) is 4.25. The van der Waals surface area contributed by atoms with E-state index in [0.717, 1.165) is 5.56 Å². The van der Waals surface area contributed by atoms with Gasteiger partial charge in [-0.25, -0.2) is 4.79 Å². The molecule has 0 aliphatic heterocycles. The van der Waals surface area contributed by atoms with E-state index in [1.54, 1.807) is 18.2 Å². The smallest absolute Gasteiger partial charge is 0.337 e. The Morgan fingerprint density at radius 2 is 2.05 bits per heavy atom. The minimum atomic E-state index is -0.434. The molecule has 0 unspecified atom stereocenters. The van der Waals surface area contributed by atoms with Crippen LogP contribution in [0.1, 0.15) is 35.2 Å².